The second kappa shape index (κ2) is 8.20. The van der Waals surface area contributed by atoms with Gasteiger partial charge in [-0.25, -0.2) is 8.42 Å². The van der Waals surface area contributed by atoms with Gasteiger partial charge in [-0.2, -0.15) is 0 Å². The average Bonchev–Trinajstić information content (AvgIpc) is 2.87. The minimum atomic E-state index is -3.52. The van der Waals surface area contributed by atoms with Gasteiger partial charge in [0.05, 0.1) is 31.9 Å². The maximum absolute atomic E-state index is 12.9. The van der Waals surface area contributed by atoms with Crippen molar-refractivity contribution in [1.82, 2.24) is 0 Å². The topological polar surface area (TPSA) is 94.2 Å². The lowest BCUT2D eigenvalue weighted by atomic mass is 10.2. The Labute approximate surface area is 170 Å². The molecule has 0 radical (unpaired) electrons. The molecule has 1 unspecified atom stereocenters. The summed E-state index contributed by atoms with van der Waals surface area (Å²) in [7, 11) is -0.482. The molecule has 0 saturated heterocycles. The molecule has 1 heterocycles. The molecular weight excluding hydrogens is 396 g/mol. The van der Waals surface area contributed by atoms with E-state index in [1.165, 1.54) is 11.4 Å². The molecule has 8 nitrogen and oxygen atoms in total. The molecule has 1 amide bonds. The number of fused-ring (bicyclic) bond motifs is 1. The Morgan fingerprint density at radius 1 is 1.17 bits per heavy atom. The van der Waals surface area contributed by atoms with Gasteiger partial charge in [0.1, 0.15) is 17.2 Å². The molecule has 0 saturated carbocycles. The second-order valence-corrected chi connectivity index (χ2v) is 8.66. The summed E-state index contributed by atoms with van der Waals surface area (Å²) in [5.74, 6) is 0.995. The van der Waals surface area contributed by atoms with Gasteiger partial charge < -0.3 is 19.5 Å². The zero-order valence-corrected chi connectivity index (χ0v) is 17.6. The van der Waals surface area contributed by atoms with Crippen LogP contribution in [0.1, 0.15) is 12.0 Å². The van der Waals surface area contributed by atoms with Crippen molar-refractivity contribution in [2.24, 2.45) is 0 Å². The van der Waals surface area contributed by atoms with Gasteiger partial charge in [0.25, 0.3) is 5.91 Å². The summed E-state index contributed by atoms with van der Waals surface area (Å²) in [6, 6.07) is 10.3. The fourth-order valence-electron chi connectivity index (χ4n) is 3.13. The van der Waals surface area contributed by atoms with Crippen molar-refractivity contribution in [3.8, 4) is 17.2 Å². The summed E-state index contributed by atoms with van der Waals surface area (Å²) >= 11 is 0. The number of nitrogens with zero attached hydrogens (tertiary/aromatic N) is 1. The molecular formula is C20H24N2O6S. The predicted molar refractivity (Wildman–Crippen MR) is 111 cm³/mol. The number of aryl methyl sites for hydroxylation is 1. The van der Waals surface area contributed by atoms with E-state index in [9.17, 15) is 13.2 Å². The number of hydrogen-bond acceptors (Lipinski definition) is 6. The number of benzene rings is 2. The molecule has 9 heteroatoms. The summed E-state index contributed by atoms with van der Waals surface area (Å²) in [6.45, 7) is 2.00. The summed E-state index contributed by atoms with van der Waals surface area (Å²) in [4.78, 5) is 12.9. The van der Waals surface area contributed by atoms with Crippen molar-refractivity contribution < 1.29 is 27.4 Å². The largest absolute Gasteiger partial charge is 0.497 e. The van der Waals surface area contributed by atoms with Crippen LogP contribution in [0.25, 0.3) is 0 Å². The molecule has 156 valence electrons. The van der Waals surface area contributed by atoms with Crippen LogP contribution in [0.3, 0.4) is 0 Å². The first-order valence-electron chi connectivity index (χ1n) is 9.01. The Hall–Kier alpha value is -2.94. The summed E-state index contributed by atoms with van der Waals surface area (Å²) in [6.07, 6.45) is 0.474. The second-order valence-electron chi connectivity index (χ2n) is 6.76. The first-order valence-corrected chi connectivity index (χ1v) is 10.9. The summed E-state index contributed by atoms with van der Waals surface area (Å²) in [5, 5.41) is 2.79. The van der Waals surface area contributed by atoms with Crippen molar-refractivity contribution in [1.29, 1.82) is 0 Å². The zero-order chi connectivity index (χ0) is 21.2. The fraction of sp³-hybridized carbons (Fsp3) is 0.350. The maximum Gasteiger partial charge on any atom is 0.265 e. The molecule has 0 fully saturated rings. The van der Waals surface area contributed by atoms with Gasteiger partial charge in [0, 0.05) is 19.0 Å². The minimum absolute atomic E-state index is 0.132. The van der Waals surface area contributed by atoms with Crippen molar-refractivity contribution in [2.75, 3.05) is 36.6 Å². The van der Waals surface area contributed by atoms with Gasteiger partial charge in [0.2, 0.25) is 10.0 Å². The molecule has 1 atom stereocenters. The molecule has 29 heavy (non-hydrogen) atoms. The van der Waals surface area contributed by atoms with Crippen LogP contribution in [0.15, 0.2) is 36.4 Å². The van der Waals surface area contributed by atoms with Crippen LogP contribution in [0.4, 0.5) is 11.4 Å². The Bertz CT molecular complexity index is 1020. The molecule has 0 spiro atoms. The molecule has 1 aliphatic heterocycles. The highest BCUT2D eigenvalue weighted by Gasteiger charge is 2.31. The Kier molecular flexibility index (Phi) is 5.88. The highest BCUT2D eigenvalue weighted by atomic mass is 32.2. The molecule has 0 aromatic heterocycles. The number of amides is 1. The Balaban J connectivity index is 1.87. The molecule has 0 bridgehead atoms. The summed E-state index contributed by atoms with van der Waals surface area (Å²) in [5.41, 5.74) is 1.80. The van der Waals surface area contributed by atoms with Gasteiger partial charge in [-0.05, 0) is 36.8 Å². The van der Waals surface area contributed by atoms with Crippen molar-refractivity contribution in [3.63, 3.8) is 0 Å². The maximum atomic E-state index is 12.9. The third-order valence-electron chi connectivity index (χ3n) is 4.61. The number of ether oxygens (including phenoxy) is 3. The molecule has 1 N–H and O–H groups in total. The van der Waals surface area contributed by atoms with Gasteiger partial charge in [-0.1, -0.05) is 6.07 Å². The lowest BCUT2D eigenvalue weighted by Gasteiger charge is -2.21. The smallest absolute Gasteiger partial charge is 0.265 e. The van der Waals surface area contributed by atoms with Crippen LogP contribution in [-0.4, -0.2) is 47.4 Å². The zero-order valence-electron chi connectivity index (χ0n) is 16.8. The highest BCUT2D eigenvalue weighted by molar-refractivity contribution is 7.92. The number of carbonyl (C=O) groups excluding carboxylic acids is 1. The first-order chi connectivity index (χ1) is 13.7. The Morgan fingerprint density at radius 3 is 2.59 bits per heavy atom. The van der Waals surface area contributed by atoms with E-state index < -0.39 is 22.0 Å². The van der Waals surface area contributed by atoms with E-state index >= 15 is 0 Å². The molecule has 3 rings (SSSR count). The molecule has 0 aliphatic carbocycles. The molecule has 2 aromatic carbocycles. The number of anilines is 2. The number of nitrogens with one attached hydrogen (secondary N) is 1. The van der Waals surface area contributed by atoms with Crippen molar-refractivity contribution in [2.45, 2.75) is 19.4 Å². The predicted octanol–water partition coefficient (Wildman–Crippen LogP) is 2.57. The number of sulfonamides is 1. The van der Waals surface area contributed by atoms with Crippen LogP contribution in [-0.2, 0) is 14.8 Å². The van der Waals surface area contributed by atoms with Gasteiger partial charge in [-0.15, -0.1) is 0 Å². The van der Waals surface area contributed by atoms with E-state index in [1.54, 1.807) is 37.4 Å². The minimum Gasteiger partial charge on any atom is -0.497 e. The third kappa shape index (κ3) is 4.56. The monoisotopic (exact) mass is 420 g/mol. The van der Waals surface area contributed by atoms with E-state index in [0.29, 0.717) is 28.6 Å². The average molecular weight is 420 g/mol. The number of carbonyl (C=O) groups is 1. The lowest BCUT2D eigenvalue weighted by molar-refractivity contribution is -0.122. The highest BCUT2D eigenvalue weighted by Crippen LogP contribution is 2.35. The van der Waals surface area contributed by atoms with Crippen LogP contribution >= 0.6 is 0 Å². The number of hydrogen-bond donors (Lipinski definition) is 1. The van der Waals surface area contributed by atoms with Crippen molar-refractivity contribution >= 4 is 27.3 Å². The SMILES string of the molecule is COc1ccc(NC(=O)C2CCN(S(C)(=O)=O)c3cc(C)ccc3O2)c(OC)c1. The number of rotatable bonds is 5. The quantitative estimate of drug-likeness (QED) is 0.799. The van der Waals surface area contributed by atoms with E-state index in [-0.39, 0.29) is 13.0 Å². The van der Waals surface area contributed by atoms with E-state index in [0.717, 1.165) is 11.8 Å². The van der Waals surface area contributed by atoms with Crippen LogP contribution in [0.2, 0.25) is 0 Å². The first kappa shape index (κ1) is 20.8. The van der Waals surface area contributed by atoms with Crippen LogP contribution in [0, 0.1) is 6.92 Å². The molecule has 1 aliphatic rings. The van der Waals surface area contributed by atoms with Gasteiger partial charge >= 0.3 is 0 Å². The normalized spacial score (nSPS) is 16.3. The van der Waals surface area contributed by atoms with E-state index in [2.05, 4.69) is 5.32 Å². The third-order valence-corrected chi connectivity index (χ3v) is 5.79. The Morgan fingerprint density at radius 2 is 1.93 bits per heavy atom. The van der Waals surface area contributed by atoms with Gasteiger partial charge in [0.15, 0.2) is 6.10 Å². The van der Waals surface area contributed by atoms with E-state index in [4.69, 9.17) is 14.2 Å². The standard InChI is InChI=1S/C20H24N2O6S/c1-13-5-8-17-16(11-13)22(29(4,24)25)10-9-18(28-17)20(23)21-15-7-6-14(26-2)12-19(15)27-3/h5-8,11-12,18H,9-10H2,1-4H3,(H,21,23). The van der Waals surface area contributed by atoms with Crippen LogP contribution < -0.4 is 23.8 Å². The lowest BCUT2D eigenvalue weighted by Crippen LogP contribution is -2.36. The fourth-order valence-corrected chi connectivity index (χ4v) is 4.07. The molecule has 2 aromatic rings. The van der Waals surface area contributed by atoms with Crippen molar-refractivity contribution in [3.05, 3.63) is 42.0 Å². The summed E-state index contributed by atoms with van der Waals surface area (Å²) < 4.78 is 42.2. The number of methoxy groups -OCH3 is 2. The van der Waals surface area contributed by atoms with Gasteiger partial charge in [-0.3, -0.25) is 9.10 Å². The van der Waals surface area contributed by atoms with Crippen LogP contribution in [0.5, 0.6) is 17.2 Å². The van der Waals surface area contributed by atoms with E-state index in [1.807, 2.05) is 13.0 Å².